The lowest BCUT2D eigenvalue weighted by Gasteiger charge is -2.05. The Morgan fingerprint density at radius 2 is 2.12 bits per heavy atom. The van der Waals surface area contributed by atoms with E-state index in [4.69, 9.17) is 5.73 Å². The molecule has 1 aliphatic heterocycles. The Labute approximate surface area is 95.1 Å². The zero-order chi connectivity index (χ0) is 11.8. The minimum atomic E-state index is -3.27. The van der Waals surface area contributed by atoms with Crippen LogP contribution < -0.4 is 11.1 Å². The molecule has 3 N–H and O–H groups in total. The third-order valence-electron chi connectivity index (χ3n) is 2.60. The SMILES string of the molecule is CNCC1=CS(=O)(=O)c2cc(CN)ccc21. The van der Waals surface area contributed by atoms with E-state index in [1.807, 2.05) is 12.1 Å². The molecule has 0 amide bonds. The van der Waals surface area contributed by atoms with Gasteiger partial charge in [-0.3, -0.25) is 0 Å². The summed E-state index contributed by atoms with van der Waals surface area (Å²) in [6.45, 7) is 0.901. The predicted molar refractivity (Wildman–Crippen MR) is 63.4 cm³/mol. The molecule has 0 fully saturated rings. The molecule has 1 heterocycles. The Hall–Kier alpha value is -1.17. The second-order valence-electron chi connectivity index (χ2n) is 3.75. The largest absolute Gasteiger partial charge is 0.326 e. The molecular weight excluding hydrogens is 224 g/mol. The molecule has 1 aromatic rings. The number of sulfone groups is 1. The van der Waals surface area contributed by atoms with Gasteiger partial charge in [0.2, 0.25) is 9.84 Å². The molecule has 0 unspecified atom stereocenters. The lowest BCUT2D eigenvalue weighted by atomic mass is 10.1. The summed E-state index contributed by atoms with van der Waals surface area (Å²) in [5.74, 6) is 0. The Kier molecular flexibility index (Phi) is 2.84. The van der Waals surface area contributed by atoms with Gasteiger partial charge in [0.25, 0.3) is 0 Å². The molecule has 0 spiro atoms. The third-order valence-corrected chi connectivity index (χ3v) is 4.14. The summed E-state index contributed by atoms with van der Waals surface area (Å²) < 4.78 is 23.7. The number of hydrogen-bond acceptors (Lipinski definition) is 4. The Bertz CT molecular complexity index is 547. The molecule has 0 atom stereocenters. The summed E-state index contributed by atoms with van der Waals surface area (Å²) in [5.41, 5.74) is 7.93. The summed E-state index contributed by atoms with van der Waals surface area (Å²) in [4.78, 5) is 0.376. The van der Waals surface area contributed by atoms with Crippen LogP contribution in [-0.4, -0.2) is 22.0 Å². The van der Waals surface area contributed by atoms with Crippen molar-refractivity contribution in [3.05, 3.63) is 34.7 Å². The van der Waals surface area contributed by atoms with Crippen LogP contribution in [0.3, 0.4) is 0 Å². The van der Waals surface area contributed by atoms with Gasteiger partial charge in [-0.25, -0.2) is 8.42 Å². The van der Waals surface area contributed by atoms with Gasteiger partial charge < -0.3 is 11.1 Å². The lowest BCUT2D eigenvalue weighted by molar-refractivity contribution is 0.605. The standard InChI is InChI=1S/C11H14N2O2S/c1-13-6-9-7-16(14,15)11-4-8(5-12)2-3-10(9)11/h2-4,7,13H,5-6,12H2,1H3. The molecule has 1 aromatic carbocycles. The third kappa shape index (κ3) is 1.77. The van der Waals surface area contributed by atoms with E-state index < -0.39 is 9.84 Å². The van der Waals surface area contributed by atoms with Crippen molar-refractivity contribution in [3.63, 3.8) is 0 Å². The summed E-state index contributed by atoms with van der Waals surface area (Å²) in [6.07, 6.45) is 0. The fourth-order valence-corrected chi connectivity index (χ4v) is 3.37. The Morgan fingerprint density at radius 3 is 2.75 bits per heavy atom. The van der Waals surface area contributed by atoms with Gasteiger partial charge in [-0.1, -0.05) is 12.1 Å². The van der Waals surface area contributed by atoms with Crippen molar-refractivity contribution < 1.29 is 8.42 Å². The molecule has 0 saturated carbocycles. The quantitative estimate of drug-likeness (QED) is 0.804. The zero-order valence-electron chi connectivity index (χ0n) is 9.03. The van der Waals surface area contributed by atoms with Gasteiger partial charge in [0.15, 0.2) is 0 Å². The van der Waals surface area contributed by atoms with Crippen molar-refractivity contribution in [2.45, 2.75) is 11.4 Å². The number of nitrogens with two attached hydrogens (primary N) is 1. The van der Waals surface area contributed by atoms with Gasteiger partial charge in [0, 0.05) is 18.5 Å². The normalized spacial score (nSPS) is 17.0. The number of rotatable bonds is 3. The molecule has 5 heteroatoms. The van der Waals surface area contributed by atoms with E-state index in [1.54, 1.807) is 13.1 Å². The van der Waals surface area contributed by atoms with Gasteiger partial charge >= 0.3 is 0 Å². The van der Waals surface area contributed by atoms with Gasteiger partial charge in [-0.15, -0.1) is 0 Å². The molecule has 86 valence electrons. The molecule has 16 heavy (non-hydrogen) atoms. The smallest absolute Gasteiger partial charge is 0.200 e. The van der Waals surface area contributed by atoms with E-state index >= 15 is 0 Å². The maximum Gasteiger partial charge on any atom is 0.200 e. The molecule has 0 saturated heterocycles. The lowest BCUT2D eigenvalue weighted by Crippen LogP contribution is -2.08. The molecule has 0 bridgehead atoms. The van der Waals surface area contributed by atoms with Crippen molar-refractivity contribution in [1.29, 1.82) is 0 Å². The van der Waals surface area contributed by atoms with Crippen LogP contribution in [0.2, 0.25) is 0 Å². The van der Waals surface area contributed by atoms with Crippen molar-refractivity contribution >= 4 is 15.4 Å². The van der Waals surface area contributed by atoms with Crippen molar-refractivity contribution in [1.82, 2.24) is 5.32 Å². The summed E-state index contributed by atoms with van der Waals surface area (Å²) >= 11 is 0. The van der Waals surface area contributed by atoms with Crippen LogP contribution in [0.15, 0.2) is 28.5 Å². The first-order valence-electron chi connectivity index (χ1n) is 5.02. The molecular formula is C11H14N2O2S. The van der Waals surface area contributed by atoms with Crippen molar-refractivity contribution in [2.75, 3.05) is 13.6 Å². The fourth-order valence-electron chi connectivity index (χ4n) is 1.84. The summed E-state index contributed by atoms with van der Waals surface area (Å²) in [6, 6.07) is 5.35. The number of likely N-dealkylation sites (N-methyl/N-ethyl adjacent to an activating group) is 1. The van der Waals surface area contributed by atoms with Gasteiger partial charge in [0.1, 0.15) is 0 Å². The maximum atomic E-state index is 11.9. The highest BCUT2D eigenvalue weighted by Gasteiger charge is 2.26. The van der Waals surface area contributed by atoms with Crippen molar-refractivity contribution in [3.8, 4) is 0 Å². The molecule has 0 aliphatic carbocycles. The van der Waals surface area contributed by atoms with Gasteiger partial charge in [-0.05, 0) is 29.8 Å². The van der Waals surface area contributed by atoms with E-state index in [0.717, 1.165) is 16.7 Å². The van der Waals surface area contributed by atoms with Crippen LogP contribution in [0, 0.1) is 0 Å². The molecule has 0 aromatic heterocycles. The Morgan fingerprint density at radius 1 is 1.38 bits per heavy atom. The molecule has 2 rings (SSSR count). The zero-order valence-corrected chi connectivity index (χ0v) is 9.84. The Balaban J connectivity index is 2.57. The average Bonchev–Trinajstić information content (AvgIpc) is 2.51. The highest BCUT2D eigenvalue weighted by atomic mass is 32.2. The predicted octanol–water partition coefficient (Wildman–Crippen LogP) is 0.493. The molecule has 4 nitrogen and oxygen atoms in total. The van der Waals surface area contributed by atoms with E-state index in [-0.39, 0.29) is 0 Å². The maximum absolute atomic E-state index is 11.9. The number of fused-ring (bicyclic) bond motifs is 1. The minimum absolute atomic E-state index is 0.351. The van der Waals surface area contributed by atoms with Crippen LogP contribution in [0.4, 0.5) is 0 Å². The summed E-state index contributed by atoms with van der Waals surface area (Å²) in [7, 11) is -1.48. The van der Waals surface area contributed by atoms with Gasteiger partial charge in [-0.2, -0.15) is 0 Å². The van der Waals surface area contributed by atoms with Crippen molar-refractivity contribution in [2.24, 2.45) is 5.73 Å². The van der Waals surface area contributed by atoms with Crippen LogP contribution in [-0.2, 0) is 16.4 Å². The number of benzene rings is 1. The first-order chi connectivity index (χ1) is 7.58. The van der Waals surface area contributed by atoms with Gasteiger partial charge in [0.05, 0.1) is 4.90 Å². The second kappa shape index (κ2) is 4.01. The molecule has 0 radical (unpaired) electrons. The van der Waals surface area contributed by atoms with E-state index in [1.165, 1.54) is 5.41 Å². The number of hydrogen-bond donors (Lipinski definition) is 2. The average molecular weight is 238 g/mol. The monoisotopic (exact) mass is 238 g/mol. The fraction of sp³-hybridized carbons (Fsp3) is 0.273. The first-order valence-corrected chi connectivity index (χ1v) is 6.57. The van der Waals surface area contributed by atoms with E-state index in [0.29, 0.717) is 18.0 Å². The summed E-state index contributed by atoms with van der Waals surface area (Å²) in [5, 5.41) is 4.29. The topological polar surface area (TPSA) is 72.2 Å². The van der Waals surface area contributed by atoms with E-state index in [2.05, 4.69) is 5.32 Å². The van der Waals surface area contributed by atoms with Crippen LogP contribution in [0.5, 0.6) is 0 Å². The van der Waals surface area contributed by atoms with Crippen LogP contribution >= 0.6 is 0 Å². The van der Waals surface area contributed by atoms with Crippen LogP contribution in [0.25, 0.3) is 5.57 Å². The van der Waals surface area contributed by atoms with Crippen LogP contribution in [0.1, 0.15) is 11.1 Å². The van der Waals surface area contributed by atoms with E-state index in [9.17, 15) is 8.42 Å². The molecule has 1 aliphatic rings. The highest BCUT2D eigenvalue weighted by molar-refractivity contribution is 7.95. The second-order valence-corrected chi connectivity index (χ2v) is 5.52. The minimum Gasteiger partial charge on any atom is -0.326 e. The first kappa shape index (κ1) is 11.3. The highest BCUT2D eigenvalue weighted by Crippen LogP contribution is 2.33. The number of nitrogens with one attached hydrogen (secondary N) is 1.